The van der Waals surface area contributed by atoms with E-state index >= 15 is 0 Å². The Bertz CT molecular complexity index is 1140. The van der Waals surface area contributed by atoms with E-state index in [2.05, 4.69) is 15.6 Å². The summed E-state index contributed by atoms with van der Waals surface area (Å²) in [7, 11) is 0. The smallest absolute Gasteiger partial charge is 0.346 e. The second-order valence-electron chi connectivity index (χ2n) is 8.54. The molecule has 0 amide bonds. The van der Waals surface area contributed by atoms with Gasteiger partial charge in [-0.15, -0.1) is 0 Å². The normalized spacial score (nSPS) is 31.7. The minimum absolute atomic E-state index is 0.0503. The van der Waals surface area contributed by atoms with Crippen molar-refractivity contribution in [2.45, 2.75) is 49.0 Å². The largest absolute Gasteiger partial charge is 0.449 e. The van der Waals surface area contributed by atoms with E-state index in [0.717, 1.165) is 0 Å². The number of rotatable bonds is 4. The first-order chi connectivity index (χ1) is 15.8. The van der Waals surface area contributed by atoms with Gasteiger partial charge in [0.2, 0.25) is 5.66 Å². The van der Waals surface area contributed by atoms with Crippen molar-refractivity contribution in [2.24, 2.45) is 16.5 Å². The van der Waals surface area contributed by atoms with Gasteiger partial charge in [-0.2, -0.15) is 0 Å². The number of benzene rings is 2. The molecule has 0 aliphatic carbocycles. The van der Waals surface area contributed by atoms with Crippen LogP contribution in [0.2, 0.25) is 0 Å². The van der Waals surface area contributed by atoms with Gasteiger partial charge in [0, 0.05) is 0 Å². The van der Waals surface area contributed by atoms with E-state index in [-0.39, 0.29) is 23.5 Å². The molecule has 10 nitrogen and oxygen atoms in total. The van der Waals surface area contributed by atoms with Gasteiger partial charge in [-0.3, -0.25) is 11.1 Å². The highest BCUT2D eigenvalue weighted by atomic mass is 16.6. The SMILES string of the molecule is CC[C@@H]1NC(N)=[N+]2[C@H](c3ccccc3)[C@H](OC(=O)c3ccccc3)C(O)(O)[C@@]23NC(N)=N[C@@H]13. The Morgan fingerprint density at radius 2 is 1.76 bits per heavy atom. The quantitative estimate of drug-likeness (QED) is 0.203. The standard InChI is InChI=1S/C23H26N6O4/c1-2-15-17-22(28-20(24)27-17)23(31,32)18(33-19(30)14-11-7-4-8-12-14)16(29(22)21(25)26-15)13-9-5-3-6-10-13/h3-12,15-18,31-32H,2H2,1H3,(H5,24,25,26,27,28)/p+1/t15-,16+,17-,18-,22-/m0/s1. The van der Waals surface area contributed by atoms with E-state index in [9.17, 15) is 15.0 Å². The maximum Gasteiger partial charge on any atom is 0.346 e. The predicted molar refractivity (Wildman–Crippen MR) is 120 cm³/mol. The number of hydrogen-bond donors (Lipinski definition) is 6. The van der Waals surface area contributed by atoms with Crippen LogP contribution in [0.1, 0.15) is 35.3 Å². The lowest BCUT2D eigenvalue weighted by Gasteiger charge is -2.43. The molecule has 0 unspecified atom stereocenters. The minimum Gasteiger partial charge on any atom is -0.449 e. The summed E-state index contributed by atoms with van der Waals surface area (Å²) >= 11 is 0. The fourth-order valence-corrected chi connectivity index (χ4v) is 5.29. The number of aliphatic imine (C=N–C) groups is 1. The van der Waals surface area contributed by atoms with Crippen LogP contribution >= 0.6 is 0 Å². The Balaban J connectivity index is 1.69. The minimum atomic E-state index is -2.60. The van der Waals surface area contributed by atoms with Crippen LogP contribution in [0.15, 0.2) is 65.7 Å². The number of hydrogen-bond acceptors (Lipinski definition) is 9. The summed E-state index contributed by atoms with van der Waals surface area (Å²) < 4.78 is 7.42. The number of aliphatic hydroxyl groups is 2. The van der Waals surface area contributed by atoms with Crippen LogP contribution in [0.25, 0.3) is 0 Å². The summed E-state index contributed by atoms with van der Waals surface area (Å²) in [6.45, 7) is 1.94. The molecule has 0 bridgehead atoms. The number of esters is 1. The zero-order chi connectivity index (χ0) is 23.4. The van der Waals surface area contributed by atoms with Gasteiger partial charge in [0.15, 0.2) is 12.1 Å². The molecule has 0 radical (unpaired) electrons. The molecule has 1 fully saturated rings. The van der Waals surface area contributed by atoms with E-state index in [0.29, 0.717) is 12.0 Å². The molecule has 8 N–H and O–H groups in total. The molecule has 33 heavy (non-hydrogen) atoms. The third-order valence-electron chi connectivity index (χ3n) is 6.73. The molecule has 2 aromatic carbocycles. The predicted octanol–water partition coefficient (Wildman–Crippen LogP) is -0.660. The summed E-state index contributed by atoms with van der Waals surface area (Å²) in [6, 6.07) is 15.6. The van der Waals surface area contributed by atoms with Crippen LogP contribution in [0.4, 0.5) is 0 Å². The van der Waals surface area contributed by atoms with Gasteiger partial charge in [0.05, 0.1) is 5.56 Å². The Morgan fingerprint density at radius 1 is 1.12 bits per heavy atom. The van der Waals surface area contributed by atoms with Crippen LogP contribution in [0, 0.1) is 0 Å². The monoisotopic (exact) mass is 451 g/mol. The zero-order valence-electron chi connectivity index (χ0n) is 18.1. The fourth-order valence-electron chi connectivity index (χ4n) is 5.29. The van der Waals surface area contributed by atoms with Crippen molar-refractivity contribution in [2.75, 3.05) is 0 Å². The van der Waals surface area contributed by atoms with Gasteiger partial charge < -0.3 is 26.0 Å². The van der Waals surface area contributed by atoms with Gasteiger partial charge in [-0.1, -0.05) is 55.5 Å². The summed E-state index contributed by atoms with van der Waals surface area (Å²) in [5.74, 6) is -3.04. The van der Waals surface area contributed by atoms with E-state index < -0.39 is 35.6 Å². The lowest BCUT2D eigenvalue weighted by atomic mass is 9.84. The van der Waals surface area contributed by atoms with E-state index in [1.807, 2.05) is 37.3 Å². The van der Waals surface area contributed by atoms with E-state index in [4.69, 9.17) is 16.2 Å². The summed E-state index contributed by atoms with van der Waals surface area (Å²) in [6.07, 6.45) is -0.820. The molecule has 2 aromatic rings. The fraction of sp³-hybridized carbons (Fsp3) is 0.348. The number of carbonyl (C=O) groups excluding carboxylic acids is 1. The number of ether oxygens (including phenoxy) is 1. The van der Waals surface area contributed by atoms with Gasteiger partial charge in [0.25, 0.3) is 5.79 Å². The zero-order valence-corrected chi connectivity index (χ0v) is 18.1. The first-order valence-electron chi connectivity index (χ1n) is 10.9. The number of nitrogens with two attached hydrogens (primary N) is 2. The van der Waals surface area contributed by atoms with Gasteiger partial charge in [0.1, 0.15) is 18.1 Å². The van der Waals surface area contributed by atoms with Crippen molar-refractivity contribution in [1.29, 1.82) is 0 Å². The van der Waals surface area contributed by atoms with Crippen molar-refractivity contribution in [3.05, 3.63) is 71.8 Å². The maximum atomic E-state index is 13.0. The maximum absolute atomic E-state index is 13.0. The van der Waals surface area contributed by atoms with Crippen molar-refractivity contribution in [1.82, 2.24) is 10.6 Å². The molecule has 5 atom stereocenters. The Labute approximate surface area is 190 Å². The molecular formula is C23H27N6O4+. The highest BCUT2D eigenvalue weighted by molar-refractivity contribution is 5.89. The van der Waals surface area contributed by atoms with Crippen molar-refractivity contribution < 1.29 is 24.3 Å². The highest BCUT2D eigenvalue weighted by Crippen LogP contribution is 2.51. The number of guanidine groups is 2. The Morgan fingerprint density at radius 3 is 2.39 bits per heavy atom. The molecule has 3 heterocycles. The average molecular weight is 452 g/mol. The molecule has 1 saturated heterocycles. The van der Waals surface area contributed by atoms with Crippen molar-refractivity contribution >= 4 is 17.9 Å². The molecule has 172 valence electrons. The summed E-state index contributed by atoms with van der Waals surface area (Å²) in [5.41, 5.74) is 11.9. The lowest BCUT2D eigenvalue weighted by molar-refractivity contribution is -0.654. The third-order valence-corrected chi connectivity index (χ3v) is 6.73. The second kappa shape index (κ2) is 7.46. The van der Waals surface area contributed by atoms with Crippen LogP contribution in [-0.4, -0.2) is 62.3 Å². The summed E-state index contributed by atoms with van der Waals surface area (Å²) in [5, 5.41) is 29.7. The summed E-state index contributed by atoms with van der Waals surface area (Å²) in [4.78, 5) is 17.5. The molecule has 5 rings (SSSR count). The molecule has 0 saturated carbocycles. The van der Waals surface area contributed by atoms with Crippen LogP contribution < -0.4 is 22.1 Å². The number of nitrogens with one attached hydrogen (secondary N) is 2. The lowest BCUT2D eigenvalue weighted by Crippen LogP contribution is -2.78. The van der Waals surface area contributed by atoms with Crippen LogP contribution in [0.3, 0.4) is 0 Å². The second-order valence-corrected chi connectivity index (χ2v) is 8.54. The number of carbonyl (C=O) groups is 1. The average Bonchev–Trinajstić information content (AvgIpc) is 3.27. The van der Waals surface area contributed by atoms with Crippen LogP contribution in [-0.2, 0) is 4.74 Å². The van der Waals surface area contributed by atoms with E-state index in [1.54, 1.807) is 34.9 Å². The molecule has 10 heteroatoms. The van der Waals surface area contributed by atoms with Gasteiger partial charge >= 0.3 is 11.9 Å². The van der Waals surface area contributed by atoms with Crippen LogP contribution in [0.5, 0.6) is 0 Å². The van der Waals surface area contributed by atoms with Gasteiger partial charge in [-0.05, 0) is 24.1 Å². The first-order valence-corrected chi connectivity index (χ1v) is 10.9. The molecule has 1 spiro atoms. The van der Waals surface area contributed by atoms with Crippen molar-refractivity contribution in [3.8, 4) is 0 Å². The molecular weight excluding hydrogens is 424 g/mol. The molecule has 3 aliphatic rings. The topological polar surface area (TPSA) is 158 Å². The highest BCUT2D eigenvalue weighted by Gasteiger charge is 2.79. The third kappa shape index (κ3) is 2.91. The Hall–Kier alpha value is -3.63. The number of nitrogens with zero attached hydrogens (tertiary/aromatic N) is 2. The Kier molecular flexibility index (Phi) is 4.80. The first kappa shape index (κ1) is 21.2. The van der Waals surface area contributed by atoms with Crippen molar-refractivity contribution in [3.63, 3.8) is 0 Å². The molecule has 3 aliphatic heterocycles. The molecule has 0 aromatic heterocycles. The van der Waals surface area contributed by atoms with E-state index in [1.165, 1.54) is 0 Å². The van der Waals surface area contributed by atoms with Gasteiger partial charge in [-0.25, -0.2) is 14.4 Å².